The first-order valence-corrected chi connectivity index (χ1v) is 9.56. The van der Waals surface area contributed by atoms with Crippen molar-refractivity contribution in [2.45, 2.75) is 18.1 Å². The Hall–Kier alpha value is -1.14. The molecule has 1 aromatic carbocycles. The van der Waals surface area contributed by atoms with Gasteiger partial charge >= 0.3 is 124 Å². The van der Waals surface area contributed by atoms with Crippen LogP contribution in [0.2, 0.25) is 0 Å². The van der Waals surface area contributed by atoms with Crippen molar-refractivity contribution in [2.24, 2.45) is 0 Å². The van der Waals surface area contributed by atoms with E-state index in [2.05, 4.69) is 4.74 Å². The summed E-state index contributed by atoms with van der Waals surface area (Å²) in [5.41, 5.74) is 0. The quantitative estimate of drug-likeness (QED) is 0.476. The summed E-state index contributed by atoms with van der Waals surface area (Å²) in [6.07, 6.45) is -3.57. The molecule has 1 aliphatic heterocycles. The molecule has 0 saturated carbocycles. The van der Waals surface area contributed by atoms with Gasteiger partial charge in [-0.15, -0.1) is 0 Å². The number of benzene rings is 1. The molecule has 1 saturated heterocycles. The van der Waals surface area contributed by atoms with Gasteiger partial charge in [-0.3, -0.25) is 0 Å². The molecule has 8 heteroatoms. The molecule has 0 amide bonds. The van der Waals surface area contributed by atoms with Crippen LogP contribution in [0.25, 0.3) is 0 Å². The Morgan fingerprint density at radius 2 is 2.05 bits per heavy atom. The van der Waals surface area contributed by atoms with Crippen LogP contribution >= 0.6 is 0 Å². The van der Waals surface area contributed by atoms with Gasteiger partial charge in [0, 0.05) is 0 Å². The van der Waals surface area contributed by atoms with E-state index in [1.54, 1.807) is 30.3 Å². The molecule has 1 aromatic rings. The molecule has 1 heterocycles. The van der Waals surface area contributed by atoms with Crippen molar-refractivity contribution in [1.29, 1.82) is 0 Å². The molecule has 2 rings (SSSR count). The first kappa shape index (κ1) is 15.3. The molecule has 1 N–H and O–H groups in total. The molecular weight excluding hydrogens is 471 g/mol. The molecule has 0 aromatic heterocycles. The predicted octanol–water partition coefficient (Wildman–Crippen LogP) is -0.193. The number of halogens is 2. The van der Waals surface area contributed by atoms with Crippen LogP contribution in [0, 0.1) is 0 Å². The molecule has 0 bridgehead atoms. The van der Waals surface area contributed by atoms with Crippen LogP contribution in [0.4, 0.5) is 13.6 Å². The van der Waals surface area contributed by atoms with Crippen molar-refractivity contribution in [2.75, 3.05) is 6.61 Å². The maximum absolute atomic E-state index is 13.5. The van der Waals surface area contributed by atoms with Crippen LogP contribution in [0.3, 0.4) is 0 Å². The topological polar surface area (TPSA) is 72.8 Å². The van der Waals surface area contributed by atoms with Crippen molar-refractivity contribution in [3.8, 4) is 0 Å². The Balaban J connectivity index is 2.04. The van der Waals surface area contributed by atoms with Gasteiger partial charge in [-0.2, -0.15) is 0 Å². The van der Waals surface area contributed by atoms with E-state index in [1.165, 1.54) is 0 Å². The zero-order valence-electron chi connectivity index (χ0n) is 10.1. The fourth-order valence-corrected chi connectivity index (χ4v) is 4.73. The van der Waals surface area contributed by atoms with E-state index in [9.17, 15) is 18.4 Å². The van der Waals surface area contributed by atoms with Gasteiger partial charge in [-0.1, -0.05) is 0 Å². The number of rotatable bonds is 4. The Labute approximate surface area is 124 Å². The van der Waals surface area contributed by atoms with Crippen molar-refractivity contribution in [3.05, 3.63) is 30.3 Å². The Bertz CT molecular complexity index is 508. The number of esters is 1. The molecule has 2 atom stereocenters. The van der Waals surface area contributed by atoms with Gasteiger partial charge in [0.1, 0.15) is 0 Å². The zero-order valence-corrected chi connectivity index (χ0v) is 14.0. The van der Waals surface area contributed by atoms with Crippen LogP contribution in [-0.2, 0) is 14.3 Å². The van der Waals surface area contributed by atoms with Crippen LogP contribution in [-0.4, -0.2) is 62.7 Å². The number of carbonyl (C=O) groups is 2. The van der Waals surface area contributed by atoms with E-state index in [0.717, 1.165) is 3.27 Å². The van der Waals surface area contributed by atoms with Crippen molar-refractivity contribution in [1.82, 2.24) is 0 Å². The van der Waals surface area contributed by atoms with E-state index in [0.29, 0.717) is 0 Å². The minimum atomic E-state index is -3.91. The summed E-state index contributed by atoms with van der Waals surface area (Å²) in [4.78, 5) is 22.7. The average molecular weight is 482 g/mol. The van der Waals surface area contributed by atoms with Gasteiger partial charge in [0.15, 0.2) is 0 Å². The number of aliphatic hydroxyl groups excluding tert-OH is 1. The fourth-order valence-electron chi connectivity index (χ4n) is 1.69. The molecule has 1 fully saturated rings. The summed E-state index contributed by atoms with van der Waals surface area (Å²) in [5, 5.41) is 8.90. The van der Waals surface area contributed by atoms with Crippen molar-refractivity contribution >= 4 is 36.2 Å². The third-order valence-corrected chi connectivity index (χ3v) is 6.33. The molecule has 20 heavy (non-hydrogen) atoms. The van der Waals surface area contributed by atoms with E-state index in [4.69, 9.17) is 9.84 Å². The third kappa shape index (κ3) is 3.12. The minimum absolute atomic E-state index is 0.724. The van der Waals surface area contributed by atoms with Crippen LogP contribution < -0.4 is 3.27 Å². The number of hydrogen-bond acceptors (Lipinski definition) is 5. The average Bonchev–Trinajstić information content (AvgIpc) is 2.63. The van der Waals surface area contributed by atoms with E-state index < -0.39 is 57.6 Å². The molecule has 5 nitrogen and oxygen atoms in total. The number of alkyl halides is 2. The summed E-state index contributed by atoms with van der Waals surface area (Å²) in [6.45, 7) is -0.821. The van der Waals surface area contributed by atoms with Gasteiger partial charge in [0.2, 0.25) is 0 Å². The van der Waals surface area contributed by atoms with E-state index in [-0.39, 0.29) is 0 Å². The van der Waals surface area contributed by atoms with E-state index in [1.807, 2.05) is 0 Å². The second kappa shape index (κ2) is 6.10. The van der Waals surface area contributed by atoms with Gasteiger partial charge in [-0.05, 0) is 0 Å². The second-order valence-corrected chi connectivity index (χ2v) is 8.87. The van der Waals surface area contributed by atoms with Gasteiger partial charge in [0.25, 0.3) is 0 Å². The van der Waals surface area contributed by atoms with Crippen molar-refractivity contribution in [3.63, 3.8) is 0 Å². The molecule has 0 unspecified atom stereocenters. The van der Waals surface area contributed by atoms with Crippen LogP contribution in [0.15, 0.2) is 30.3 Å². The maximum atomic E-state index is 13.5. The number of aliphatic hydroxyl groups is 1. The zero-order chi connectivity index (χ0) is 14.8. The number of carbonyl (C=O) groups excluding carboxylic acids is 2. The van der Waals surface area contributed by atoms with Gasteiger partial charge in [-0.25, -0.2) is 0 Å². The monoisotopic (exact) mass is 482 g/mol. The fraction of sp³-hybridized carbons (Fsp3) is 0.333. The molecular formula is C12H11BiF2O5. The van der Waals surface area contributed by atoms with Gasteiger partial charge < -0.3 is 0 Å². The second-order valence-electron chi connectivity index (χ2n) is 4.07. The SMILES string of the molecule is O=[C](O[C@H]1[C@@H](CO)OC(=O)C1(F)F)[BiH][c]1ccccc1. The Morgan fingerprint density at radius 3 is 2.65 bits per heavy atom. The first-order chi connectivity index (χ1) is 9.45. The van der Waals surface area contributed by atoms with Crippen LogP contribution in [0.1, 0.15) is 0 Å². The third-order valence-electron chi connectivity index (χ3n) is 2.66. The van der Waals surface area contributed by atoms with Crippen molar-refractivity contribution < 1.29 is 33.0 Å². The normalized spacial score (nSPS) is 24.2. The molecule has 0 spiro atoms. The molecule has 0 radical (unpaired) electrons. The summed E-state index contributed by atoms with van der Waals surface area (Å²) in [7, 11) is 0. The summed E-state index contributed by atoms with van der Waals surface area (Å²) < 4.78 is 36.0. The number of ether oxygens (including phenoxy) is 2. The number of hydrogen-bond donors (Lipinski definition) is 1. The van der Waals surface area contributed by atoms with Gasteiger partial charge in [0.05, 0.1) is 0 Å². The first-order valence-electron chi connectivity index (χ1n) is 5.67. The number of cyclic esters (lactones) is 1. The summed E-state index contributed by atoms with van der Waals surface area (Å²) in [5.74, 6) is -5.69. The molecule has 108 valence electrons. The van der Waals surface area contributed by atoms with E-state index >= 15 is 0 Å². The molecule has 1 aliphatic rings. The standard InChI is InChI=1S/C6H5F2O5.C6H5.Bi.H/c7-6(8)4(12-2-10)3(1-9)13-5(6)11;1-2-4-6-5-3-1;;/h3-4,9H,1H2;1-5H;;/t3-,4+;;;/m1.../s1. The Morgan fingerprint density at radius 1 is 1.40 bits per heavy atom. The summed E-state index contributed by atoms with van der Waals surface area (Å²) >= 11 is -2.10. The summed E-state index contributed by atoms with van der Waals surface area (Å²) in [6, 6.07) is 8.70. The van der Waals surface area contributed by atoms with Crippen LogP contribution in [0.5, 0.6) is 0 Å². The predicted molar refractivity (Wildman–Crippen MR) is 65.4 cm³/mol. The molecule has 0 aliphatic carbocycles. The Kier molecular flexibility index (Phi) is 4.65.